The molecule has 0 unspecified atom stereocenters. The summed E-state index contributed by atoms with van der Waals surface area (Å²) >= 11 is 1.69. The molecular formula is C10H14OS. The number of hydrogen-bond donors (Lipinski definition) is 0. The zero-order valence-electron chi connectivity index (χ0n) is 7.38. The summed E-state index contributed by atoms with van der Waals surface area (Å²) in [4.78, 5) is 11.1. The van der Waals surface area contributed by atoms with Gasteiger partial charge >= 0.3 is 0 Å². The fourth-order valence-electron chi connectivity index (χ4n) is 1.12. The Labute approximate surface area is 77.4 Å². The predicted molar refractivity (Wildman–Crippen MR) is 52.6 cm³/mol. The maximum absolute atomic E-state index is 11.1. The van der Waals surface area contributed by atoms with Crippen molar-refractivity contribution in [2.24, 2.45) is 0 Å². The van der Waals surface area contributed by atoms with Gasteiger partial charge in [-0.25, -0.2) is 0 Å². The lowest BCUT2D eigenvalue weighted by molar-refractivity contribution is -0.119. The lowest BCUT2D eigenvalue weighted by Gasteiger charge is -1.96. The molecule has 0 saturated heterocycles. The molecule has 1 nitrogen and oxygen atoms in total. The first kappa shape index (κ1) is 9.46. The van der Waals surface area contributed by atoms with E-state index in [2.05, 4.69) is 16.8 Å². The van der Waals surface area contributed by atoms with Crippen LogP contribution in [-0.2, 0) is 11.2 Å². The fourth-order valence-corrected chi connectivity index (χ4v) is 1.83. The van der Waals surface area contributed by atoms with Gasteiger partial charge in [-0.3, -0.25) is 4.79 Å². The molecule has 0 saturated carbocycles. The summed E-state index contributed by atoms with van der Waals surface area (Å²) < 4.78 is 0. The largest absolute Gasteiger partial charge is 0.300 e. The van der Waals surface area contributed by atoms with E-state index >= 15 is 0 Å². The molecular weight excluding hydrogens is 168 g/mol. The highest BCUT2D eigenvalue weighted by Gasteiger charge is 2.00. The molecule has 0 N–H and O–H groups in total. The molecule has 0 amide bonds. The zero-order valence-corrected chi connectivity index (χ0v) is 8.19. The topological polar surface area (TPSA) is 17.1 Å². The highest BCUT2D eigenvalue weighted by atomic mass is 32.1. The van der Waals surface area contributed by atoms with E-state index in [1.54, 1.807) is 11.3 Å². The van der Waals surface area contributed by atoms with Gasteiger partial charge in [0.2, 0.25) is 0 Å². The fraction of sp³-hybridized carbons (Fsp3) is 0.500. The highest BCUT2D eigenvalue weighted by molar-refractivity contribution is 7.07. The Morgan fingerprint density at radius 3 is 2.92 bits per heavy atom. The van der Waals surface area contributed by atoms with Gasteiger partial charge in [0.05, 0.1) is 0 Å². The second kappa shape index (κ2) is 5.09. The van der Waals surface area contributed by atoms with Crippen molar-refractivity contribution in [3.63, 3.8) is 0 Å². The molecule has 0 bridgehead atoms. The van der Waals surface area contributed by atoms with E-state index in [1.165, 1.54) is 5.56 Å². The summed E-state index contributed by atoms with van der Waals surface area (Å²) in [5.74, 6) is 0.392. The molecule has 0 aliphatic heterocycles. The number of carbonyl (C=O) groups is 1. The number of Topliss-reactive ketones (excluding diaryl/α,β-unsaturated/α-hetero) is 1. The van der Waals surface area contributed by atoms with Crippen LogP contribution in [0.2, 0.25) is 0 Å². The SMILES string of the molecule is CCCC(=O)CCc1ccsc1. The van der Waals surface area contributed by atoms with E-state index in [4.69, 9.17) is 0 Å². The molecule has 1 aromatic rings. The molecule has 1 aromatic heterocycles. The lowest BCUT2D eigenvalue weighted by atomic mass is 10.1. The van der Waals surface area contributed by atoms with Gasteiger partial charge in [0.15, 0.2) is 0 Å². The standard InChI is InChI=1S/C10H14OS/c1-2-3-10(11)5-4-9-6-7-12-8-9/h6-8H,2-5H2,1H3. The normalized spacial score (nSPS) is 10.1. The van der Waals surface area contributed by atoms with Crippen LogP contribution in [0.4, 0.5) is 0 Å². The van der Waals surface area contributed by atoms with Crippen LogP contribution < -0.4 is 0 Å². The summed E-state index contributed by atoms with van der Waals surface area (Å²) in [5, 5.41) is 4.17. The predicted octanol–water partition coefficient (Wildman–Crippen LogP) is 3.05. The molecule has 66 valence electrons. The molecule has 1 rings (SSSR count). The molecule has 0 aliphatic rings. The second-order valence-corrected chi connectivity index (χ2v) is 3.70. The molecule has 0 fully saturated rings. The van der Waals surface area contributed by atoms with E-state index in [9.17, 15) is 4.79 Å². The van der Waals surface area contributed by atoms with Crippen molar-refractivity contribution in [2.45, 2.75) is 32.6 Å². The molecule has 0 aliphatic carbocycles. The van der Waals surface area contributed by atoms with Crippen LogP contribution in [-0.4, -0.2) is 5.78 Å². The molecule has 0 spiro atoms. The Bertz CT molecular complexity index is 226. The molecule has 0 atom stereocenters. The second-order valence-electron chi connectivity index (χ2n) is 2.92. The average Bonchev–Trinajstić information content (AvgIpc) is 2.53. The van der Waals surface area contributed by atoms with Crippen molar-refractivity contribution in [1.29, 1.82) is 0 Å². The highest BCUT2D eigenvalue weighted by Crippen LogP contribution is 2.09. The van der Waals surface area contributed by atoms with Crippen LogP contribution in [0.3, 0.4) is 0 Å². The van der Waals surface area contributed by atoms with Crippen molar-refractivity contribution < 1.29 is 4.79 Å². The third kappa shape index (κ3) is 3.18. The van der Waals surface area contributed by atoms with Gasteiger partial charge in [0, 0.05) is 12.8 Å². The van der Waals surface area contributed by atoms with Crippen LogP contribution in [0.1, 0.15) is 31.7 Å². The van der Waals surface area contributed by atoms with Crippen molar-refractivity contribution in [1.82, 2.24) is 0 Å². The van der Waals surface area contributed by atoms with E-state index in [-0.39, 0.29) is 0 Å². The Kier molecular flexibility index (Phi) is 4.01. The number of ketones is 1. The maximum Gasteiger partial charge on any atom is 0.133 e. The number of carbonyl (C=O) groups excluding carboxylic acids is 1. The Hall–Kier alpha value is -0.630. The molecule has 12 heavy (non-hydrogen) atoms. The van der Waals surface area contributed by atoms with Gasteiger partial charge in [-0.05, 0) is 35.2 Å². The molecule has 0 aromatic carbocycles. The Morgan fingerprint density at radius 2 is 2.33 bits per heavy atom. The van der Waals surface area contributed by atoms with Crippen LogP contribution >= 0.6 is 11.3 Å². The van der Waals surface area contributed by atoms with Gasteiger partial charge in [0.25, 0.3) is 0 Å². The number of thiophene rings is 1. The summed E-state index contributed by atoms with van der Waals surface area (Å²) in [6.07, 6.45) is 3.35. The van der Waals surface area contributed by atoms with E-state index in [0.717, 1.165) is 19.3 Å². The summed E-state index contributed by atoms with van der Waals surface area (Å²) in [6, 6.07) is 2.09. The van der Waals surface area contributed by atoms with Gasteiger partial charge in [-0.2, -0.15) is 11.3 Å². The third-order valence-electron chi connectivity index (χ3n) is 1.80. The van der Waals surface area contributed by atoms with Crippen molar-refractivity contribution in [3.05, 3.63) is 22.4 Å². The minimum atomic E-state index is 0.392. The Morgan fingerprint density at radius 1 is 1.50 bits per heavy atom. The molecule has 2 heteroatoms. The number of rotatable bonds is 5. The minimum Gasteiger partial charge on any atom is -0.300 e. The van der Waals surface area contributed by atoms with Crippen molar-refractivity contribution >= 4 is 17.1 Å². The summed E-state index contributed by atoms with van der Waals surface area (Å²) in [6.45, 7) is 2.04. The van der Waals surface area contributed by atoms with Gasteiger partial charge < -0.3 is 0 Å². The van der Waals surface area contributed by atoms with Crippen LogP contribution in [0.15, 0.2) is 16.8 Å². The van der Waals surface area contributed by atoms with Crippen LogP contribution in [0.25, 0.3) is 0 Å². The molecule has 1 heterocycles. The first-order valence-electron chi connectivity index (χ1n) is 4.35. The van der Waals surface area contributed by atoms with Gasteiger partial charge in [-0.15, -0.1) is 0 Å². The van der Waals surface area contributed by atoms with Crippen LogP contribution in [0.5, 0.6) is 0 Å². The third-order valence-corrected chi connectivity index (χ3v) is 2.53. The number of hydrogen-bond acceptors (Lipinski definition) is 2. The summed E-state index contributed by atoms with van der Waals surface area (Å²) in [5.41, 5.74) is 1.30. The van der Waals surface area contributed by atoms with Crippen molar-refractivity contribution in [2.75, 3.05) is 0 Å². The van der Waals surface area contributed by atoms with Gasteiger partial charge in [0.1, 0.15) is 5.78 Å². The lowest BCUT2D eigenvalue weighted by Crippen LogP contribution is -1.98. The smallest absolute Gasteiger partial charge is 0.133 e. The van der Waals surface area contributed by atoms with E-state index in [0.29, 0.717) is 12.2 Å². The monoisotopic (exact) mass is 182 g/mol. The average molecular weight is 182 g/mol. The quantitative estimate of drug-likeness (QED) is 0.684. The van der Waals surface area contributed by atoms with E-state index in [1.807, 2.05) is 6.92 Å². The molecule has 0 radical (unpaired) electrons. The number of aryl methyl sites for hydroxylation is 1. The minimum absolute atomic E-state index is 0.392. The zero-order chi connectivity index (χ0) is 8.81. The Balaban J connectivity index is 2.22. The van der Waals surface area contributed by atoms with E-state index < -0.39 is 0 Å². The van der Waals surface area contributed by atoms with Crippen molar-refractivity contribution in [3.8, 4) is 0 Å². The van der Waals surface area contributed by atoms with Gasteiger partial charge in [-0.1, -0.05) is 6.92 Å². The first-order chi connectivity index (χ1) is 5.83. The maximum atomic E-state index is 11.1. The van der Waals surface area contributed by atoms with Crippen LogP contribution in [0, 0.1) is 0 Å². The summed E-state index contributed by atoms with van der Waals surface area (Å²) in [7, 11) is 0. The first-order valence-corrected chi connectivity index (χ1v) is 5.30.